The van der Waals surface area contributed by atoms with E-state index >= 15 is 0 Å². The molecule has 0 atom stereocenters. The molecule has 0 spiro atoms. The number of benzene rings is 1. The van der Waals surface area contributed by atoms with Crippen molar-refractivity contribution >= 4 is 5.97 Å². The SMILES string of the molecule is COC(=O)CN(C)Cc1ccn(-c2ccccc2)n1. The molecular formula is C14H17N3O2. The highest BCUT2D eigenvalue weighted by atomic mass is 16.5. The zero-order chi connectivity index (χ0) is 13.7. The smallest absolute Gasteiger partial charge is 0.319 e. The number of ether oxygens (including phenoxy) is 1. The number of likely N-dealkylation sites (N-methyl/N-ethyl adjacent to an activating group) is 1. The Kier molecular flexibility index (Phi) is 4.30. The number of carbonyl (C=O) groups excluding carboxylic acids is 1. The molecule has 0 saturated carbocycles. The number of carbonyl (C=O) groups is 1. The number of nitrogens with zero attached hydrogens (tertiary/aromatic N) is 3. The Bertz CT molecular complexity index is 537. The number of hydrogen-bond donors (Lipinski definition) is 0. The van der Waals surface area contributed by atoms with E-state index < -0.39 is 0 Å². The van der Waals surface area contributed by atoms with Gasteiger partial charge in [0.15, 0.2) is 0 Å². The predicted molar refractivity (Wildman–Crippen MR) is 71.9 cm³/mol. The highest BCUT2D eigenvalue weighted by Crippen LogP contribution is 2.08. The number of hydrogen-bond acceptors (Lipinski definition) is 4. The van der Waals surface area contributed by atoms with Crippen LogP contribution in [0, 0.1) is 0 Å². The number of aromatic nitrogens is 2. The lowest BCUT2D eigenvalue weighted by Crippen LogP contribution is -2.26. The molecule has 100 valence electrons. The third-order valence-electron chi connectivity index (χ3n) is 2.72. The van der Waals surface area contributed by atoms with Gasteiger partial charge in [-0.15, -0.1) is 0 Å². The number of rotatable bonds is 5. The zero-order valence-corrected chi connectivity index (χ0v) is 11.1. The predicted octanol–water partition coefficient (Wildman–Crippen LogP) is 1.48. The minimum Gasteiger partial charge on any atom is -0.468 e. The molecule has 0 N–H and O–H groups in total. The maximum atomic E-state index is 11.1. The fourth-order valence-corrected chi connectivity index (χ4v) is 1.79. The van der Waals surface area contributed by atoms with Crippen LogP contribution in [0.5, 0.6) is 0 Å². The van der Waals surface area contributed by atoms with Crippen LogP contribution in [-0.2, 0) is 16.1 Å². The van der Waals surface area contributed by atoms with Crippen molar-refractivity contribution in [2.45, 2.75) is 6.54 Å². The summed E-state index contributed by atoms with van der Waals surface area (Å²) >= 11 is 0. The molecule has 1 heterocycles. The first-order valence-electron chi connectivity index (χ1n) is 6.04. The molecule has 1 aromatic carbocycles. The van der Waals surface area contributed by atoms with Crippen LogP contribution >= 0.6 is 0 Å². The Morgan fingerprint density at radius 3 is 2.74 bits per heavy atom. The van der Waals surface area contributed by atoms with Gasteiger partial charge in [0.25, 0.3) is 0 Å². The van der Waals surface area contributed by atoms with Crippen molar-refractivity contribution in [3.8, 4) is 5.69 Å². The Labute approximate surface area is 112 Å². The number of methoxy groups -OCH3 is 1. The molecule has 5 heteroatoms. The van der Waals surface area contributed by atoms with Gasteiger partial charge in [0.05, 0.1) is 25.0 Å². The van der Waals surface area contributed by atoms with Crippen molar-refractivity contribution < 1.29 is 9.53 Å². The van der Waals surface area contributed by atoms with E-state index in [0.29, 0.717) is 6.54 Å². The van der Waals surface area contributed by atoms with Crippen molar-refractivity contribution in [3.05, 3.63) is 48.3 Å². The van der Waals surface area contributed by atoms with Crippen molar-refractivity contribution in [1.82, 2.24) is 14.7 Å². The van der Waals surface area contributed by atoms with Crippen molar-refractivity contribution in [2.75, 3.05) is 20.7 Å². The molecule has 0 aliphatic carbocycles. The van der Waals surface area contributed by atoms with Gasteiger partial charge in [0.1, 0.15) is 0 Å². The molecule has 0 aliphatic rings. The summed E-state index contributed by atoms with van der Waals surface area (Å²) in [4.78, 5) is 13.0. The summed E-state index contributed by atoms with van der Waals surface area (Å²) in [6.45, 7) is 0.865. The summed E-state index contributed by atoms with van der Waals surface area (Å²) in [7, 11) is 3.25. The summed E-state index contributed by atoms with van der Waals surface area (Å²) in [5.74, 6) is -0.245. The van der Waals surface area contributed by atoms with Crippen molar-refractivity contribution in [1.29, 1.82) is 0 Å². The topological polar surface area (TPSA) is 47.4 Å². The zero-order valence-electron chi connectivity index (χ0n) is 11.1. The van der Waals surface area contributed by atoms with Gasteiger partial charge in [-0.05, 0) is 25.2 Å². The summed E-state index contributed by atoms with van der Waals surface area (Å²) in [6.07, 6.45) is 1.91. The van der Waals surface area contributed by atoms with E-state index in [-0.39, 0.29) is 12.5 Å². The summed E-state index contributed by atoms with van der Waals surface area (Å²) in [5.41, 5.74) is 1.93. The van der Waals surface area contributed by atoms with Crippen LogP contribution in [0.3, 0.4) is 0 Å². The van der Waals surface area contributed by atoms with Gasteiger partial charge in [0.2, 0.25) is 0 Å². The summed E-state index contributed by atoms with van der Waals surface area (Å²) in [6, 6.07) is 11.9. The second-order valence-corrected chi connectivity index (χ2v) is 4.34. The molecule has 0 bridgehead atoms. The van der Waals surface area contributed by atoms with Crippen molar-refractivity contribution in [3.63, 3.8) is 0 Å². The molecule has 0 unspecified atom stereocenters. The molecule has 1 aromatic heterocycles. The lowest BCUT2D eigenvalue weighted by Gasteiger charge is -2.12. The largest absolute Gasteiger partial charge is 0.468 e. The van der Waals surface area contributed by atoms with E-state index in [0.717, 1.165) is 11.4 Å². The molecule has 19 heavy (non-hydrogen) atoms. The van der Waals surface area contributed by atoms with E-state index in [1.807, 2.05) is 59.2 Å². The average molecular weight is 259 g/mol. The average Bonchev–Trinajstić information content (AvgIpc) is 2.88. The van der Waals surface area contributed by atoms with Crippen LogP contribution in [-0.4, -0.2) is 41.4 Å². The van der Waals surface area contributed by atoms with E-state index in [4.69, 9.17) is 0 Å². The third-order valence-corrected chi connectivity index (χ3v) is 2.72. The van der Waals surface area contributed by atoms with Gasteiger partial charge in [-0.3, -0.25) is 9.69 Å². The maximum Gasteiger partial charge on any atom is 0.319 e. The summed E-state index contributed by atoms with van der Waals surface area (Å²) in [5, 5.41) is 4.48. The standard InChI is InChI=1S/C14H17N3O2/c1-16(11-14(18)19-2)10-12-8-9-17(15-12)13-6-4-3-5-7-13/h3-9H,10-11H2,1-2H3. The van der Waals surface area contributed by atoms with Crippen LogP contribution in [0.1, 0.15) is 5.69 Å². The van der Waals surface area contributed by atoms with Crippen LogP contribution in [0.25, 0.3) is 5.69 Å². The van der Waals surface area contributed by atoms with Gasteiger partial charge >= 0.3 is 5.97 Å². The Balaban J connectivity index is 2.00. The van der Waals surface area contributed by atoms with Crippen LogP contribution in [0.4, 0.5) is 0 Å². The highest BCUT2D eigenvalue weighted by molar-refractivity contribution is 5.71. The Morgan fingerprint density at radius 2 is 2.05 bits per heavy atom. The van der Waals surface area contributed by atoms with Gasteiger partial charge in [-0.2, -0.15) is 5.10 Å². The third kappa shape index (κ3) is 3.66. The fraction of sp³-hybridized carbons (Fsp3) is 0.286. The van der Waals surface area contributed by atoms with E-state index in [1.54, 1.807) is 0 Å². The molecule has 0 aliphatic heterocycles. The minimum atomic E-state index is -0.245. The second kappa shape index (κ2) is 6.15. The van der Waals surface area contributed by atoms with E-state index in [9.17, 15) is 4.79 Å². The van der Waals surface area contributed by atoms with Crippen LogP contribution < -0.4 is 0 Å². The van der Waals surface area contributed by atoms with Crippen LogP contribution in [0.15, 0.2) is 42.6 Å². The molecule has 0 saturated heterocycles. The first-order chi connectivity index (χ1) is 9.19. The molecule has 0 amide bonds. The molecule has 2 rings (SSSR count). The lowest BCUT2D eigenvalue weighted by molar-refractivity contribution is -0.141. The first kappa shape index (κ1) is 13.3. The van der Waals surface area contributed by atoms with Gasteiger partial charge < -0.3 is 4.74 Å². The number of esters is 1. The molecule has 2 aromatic rings. The lowest BCUT2D eigenvalue weighted by atomic mass is 10.3. The Morgan fingerprint density at radius 1 is 1.32 bits per heavy atom. The monoisotopic (exact) mass is 259 g/mol. The highest BCUT2D eigenvalue weighted by Gasteiger charge is 2.08. The van der Waals surface area contributed by atoms with E-state index in [1.165, 1.54) is 7.11 Å². The van der Waals surface area contributed by atoms with E-state index in [2.05, 4.69) is 9.84 Å². The fourth-order valence-electron chi connectivity index (χ4n) is 1.79. The Hall–Kier alpha value is -2.14. The first-order valence-corrected chi connectivity index (χ1v) is 6.04. The number of para-hydroxylation sites is 1. The van der Waals surface area contributed by atoms with Gasteiger partial charge in [-0.25, -0.2) is 4.68 Å². The minimum absolute atomic E-state index is 0.245. The normalized spacial score (nSPS) is 10.7. The van der Waals surface area contributed by atoms with Crippen LogP contribution in [0.2, 0.25) is 0 Å². The maximum absolute atomic E-state index is 11.1. The van der Waals surface area contributed by atoms with Crippen molar-refractivity contribution in [2.24, 2.45) is 0 Å². The molecule has 5 nitrogen and oxygen atoms in total. The molecular weight excluding hydrogens is 242 g/mol. The van der Waals surface area contributed by atoms with Gasteiger partial charge in [0, 0.05) is 12.7 Å². The van der Waals surface area contributed by atoms with Gasteiger partial charge in [-0.1, -0.05) is 18.2 Å². The molecule has 0 radical (unpaired) electrons. The molecule has 0 fully saturated rings. The summed E-state index contributed by atoms with van der Waals surface area (Å²) < 4.78 is 6.45. The second-order valence-electron chi connectivity index (χ2n) is 4.34. The quantitative estimate of drug-likeness (QED) is 0.763.